The van der Waals surface area contributed by atoms with Gasteiger partial charge in [-0.3, -0.25) is 0 Å². The summed E-state index contributed by atoms with van der Waals surface area (Å²) in [5.74, 6) is -1.31. The zero-order valence-electron chi connectivity index (χ0n) is 9.93. The van der Waals surface area contributed by atoms with E-state index in [1.54, 1.807) is 6.92 Å². The van der Waals surface area contributed by atoms with Crippen LogP contribution >= 0.6 is 0 Å². The van der Waals surface area contributed by atoms with E-state index in [-0.39, 0.29) is 18.3 Å². The van der Waals surface area contributed by atoms with Gasteiger partial charge in [-0.2, -0.15) is 0 Å². The van der Waals surface area contributed by atoms with Gasteiger partial charge in [0.05, 0.1) is 12.7 Å². The first kappa shape index (κ1) is 13.7. The summed E-state index contributed by atoms with van der Waals surface area (Å²) in [6, 6.07) is 0. The lowest BCUT2D eigenvalue weighted by molar-refractivity contribution is -0.236. The number of hydrogen-bond donors (Lipinski definition) is 0. The van der Waals surface area contributed by atoms with Crippen LogP contribution in [0.2, 0.25) is 0 Å². The van der Waals surface area contributed by atoms with Crippen LogP contribution in [0.25, 0.3) is 0 Å². The van der Waals surface area contributed by atoms with Gasteiger partial charge in [-0.05, 0) is 13.8 Å². The number of ether oxygens (including phenoxy) is 4. The van der Waals surface area contributed by atoms with Crippen LogP contribution in [0.1, 0.15) is 13.8 Å². The molecule has 2 atom stereocenters. The second kappa shape index (κ2) is 6.36. The second-order valence-corrected chi connectivity index (χ2v) is 3.76. The van der Waals surface area contributed by atoms with Crippen molar-refractivity contribution in [3.05, 3.63) is 12.2 Å². The Morgan fingerprint density at radius 1 is 1.41 bits per heavy atom. The minimum Gasteiger partial charge on any atom is -0.450 e. The highest BCUT2D eigenvalue weighted by Gasteiger charge is 2.23. The van der Waals surface area contributed by atoms with Crippen molar-refractivity contribution in [2.75, 3.05) is 19.8 Å². The van der Waals surface area contributed by atoms with Crippen LogP contribution in [-0.4, -0.2) is 44.2 Å². The van der Waals surface area contributed by atoms with E-state index in [9.17, 15) is 9.59 Å². The molecule has 6 heteroatoms. The summed E-state index contributed by atoms with van der Waals surface area (Å²) in [6.45, 7) is 6.88. The third kappa shape index (κ3) is 4.97. The van der Waals surface area contributed by atoms with Gasteiger partial charge in [-0.1, -0.05) is 6.58 Å². The quantitative estimate of drug-likeness (QED) is 0.527. The van der Waals surface area contributed by atoms with Crippen molar-refractivity contribution in [1.82, 2.24) is 0 Å². The molecule has 0 spiro atoms. The number of carbonyl (C=O) groups excluding carboxylic acids is 2. The SMILES string of the molecule is C=C(C)C(=O)OCC(=O)OC1COCC(C)O1. The molecule has 6 nitrogen and oxygen atoms in total. The highest BCUT2D eigenvalue weighted by molar-refractivity contribution is 5.88. The zero-order valence-corrected chi connectivity index (χ0v) is 9.93. The van der Waals surface area contributed by atoms with Gasteiger partial charge in [0.25, 0.3) is 0 Å². The highest BCUT2D eigenvalue weighted by atomic mass is 16.7. The fourth-order valence-corrected chi connectivity index (χ4v) is 1.16. The van der Waals surface area contributed by atoms with Crippen molar-refractivity contribution in [2.24, 2.45) is 0 Å². The molecule has 0 aliphatic carbocycles. The molecule has 0 radical (unpaired) electrons. The molecular weight excluding hydrogens is 228 g/mol. The summed E-state index contributed by atoms with van der Waals surface area (Å²) in [5, 5.41) is 0. The number of hydrogen-bond acceptors (Lipinski definition) is 6. The van der Waals surface area contributed by atoms with Crippen molar-refractivity contribution in [3.8, 4) is 0 Å². The predicted molar refractivity (Wildman–Crippen MR) is 57.0 cm³/mol. The molecule has 1 saturated heterocycles. The molecular formula is C11H16O6. The Hall–Kier alpha value is -1.40. The minimum absolute atomic E-state index is 0.125. The van der Waals surface area contributed by atoms with Crippen LogP contribution in [0, 0.1) is 0 Å². The Morgan fingerprint density at radius 2 is 2.12 bits per heavy atom. The molecule has 2 unspecified atom stereocenters. The van der Waals surface area contributed by atoms with Gasteiger partial charge in [-0.25, -0.2) is 9.59 Å². The molecule has 0 amide bonds. The monoisotopic (exact) mass is 244 g/mol. The van der Waals surface area contributed by atoms with Crippen LogP contribution in [0.3, 0.4) is 0 Å². The summed E-state index contributed by atoms with van der Waals surface area (Å²) in [6.07, 6.45) is -0.866. The van der Waals surface area contributed by atoms with E-state index in [1.165, 1.54) is 6.92 Å². The minimum atomic E-state index is -0.741. The lowest BCUT2D eigenvalue weighted by Gasteiger charge is -2.27. The standard InChI is InChI=1S/C11H16O6/c1-7(2)11(13)15-5-9(12)17-10-6-14-4-8(3)16-10/h8,10H,1,4-6H2,2-3H3. The van der Waals surface area contributed by atoms with Gasteiger partial charge in [-0.15, -0.1) is 0 Å². The predicted octanol–water partition coefficient (Wildman–Crippen LogP) is 0.410. The average molecular weight is 244 g/mol. The maximum atomic E-state index is 11.3. The van der Waals surface area contributed by atoms with E-state index in [4.69, 9.17) is 14.2 Å². The summed E-state index contributed by atoms with van der Waals surface area (Å²) < 4.78 is 19.9. The number of esters is 2. The topological polar surface area (TPSA) is 71.1 Å². The van der Waals surface area contributed by atoms with E-state index >= 15 is 0 Å². The van der Waals surface area contributed by atoms with Crippen molar-refractivity contribution in [2.45, 2.75) is 26.2 Å². The zero-order chi connectivity index (χ0) is 12.8. The molecule has 0 aromatic heterocycles. The first-order valence-corrected chi connectivity index (χ1v) is 5.24. The Bertz CT molecular complexity index is 311. The van der Waals surface area contributed by atoms with E-state index < -0.39 is 24.8 Å². The molecule has 0 aromatic rings. The summed E-state index contributed by atoms with van der Waals surface area (Å²) in [5.41, 5.74) is 0.226. The summed E-state index contributed by atoms with van der Waals surface area (Å²) >= 11 is 0. The molecule has 0 bridgehead atoms. The average Bonchev–Trinajstić information content (AvgIpc) is 2.25. The molecule has 1 fully saturated rings. The third-order valence-corrected chi connectivity index (χ3v) is 1.92. The first-order chi connectivity index (χ1) is 7.99. The number of carbonyl (C=O) groups is 2. The van der Waals surface area contributed by atoms with Crippen LogP contribution in [-0.2, 0) is 28.5 Å². The molecule has 1 rings (SSSR count). The van der Waals surface area contributed by atoms with Gasteiger partial charge < -0.3 is 18.9 Å². The molecule has 17 heavy (non-hydrogen) atoms. The molecule has 0 saturated carbocycles. The summed E-state index contributed by atoms with van der Waals surface area (Å²) in [7, 11) is 0. The molecule has 1 aliphatic rings. The van der Waals surface area contributed by atoms with Crippen LogP contribution in [0.4, 0.5) is 0 Å². The lowest BCUT2D eigenvalue weighted by Crippen LogP contribution is -2.38. The van der Waals surface area contributed by atoms with Gasteiger partial charge in [0.2, 0.25) is 6.29 Å². The molecule has 96 valence electrons. The molecule has 1 aliphatic heterocycles. The number of rotatable bonds is 4. The first-order valence-electron chi connectivity index (χ1n) is 5.24. The smallest absolute Gasteiger partial charge is 0.346 e. The Kier molecular flexibility index (Phi) is 5.11. The normalized spacial score (nSPS) is 23.9. The van der Waals surface area contributed by atoms with E-state index in [2.05, 4.69) is 11.3 Å². The Labute approximate surface area is 99.5 Å². The van der Waals surface area contributed by atoms with Crippen molar-refractivity contribution in [1.29, 1.82) is 0 Å². The van der Waals surface area contributed by atoms with E-state index in [0.29, 0.717) is 6.61 Å². The van der Waals surface area contributed by atoms with E-state index in [1.807, 2.05) is 0 Å². The fourth-order valence-electron chi connectivity index (χ4n) is 1.16. The van der Waals surface area contributed by atoms with Gasteiger partial charge >= 0.3 is 11.9 Å². The van der Waals surface area contributed by atoms with E-state index in [0.717, 1.165) is 0 Å². The van der Waals surface area contributed by atoms with Crippen molar-refractivity contribution >= 4 is 11.9 Å². The Morgan fingerprint density at radius 3 is 2.71 bits per heavy atom. The van der Waals surface area contributed by atoms with Crippen molar-refractivity contribution in [3.63, 3.8) is 0 Å². The van der Waals surface area contributed by atoms with Gasteiger partial charge in [0, 0.05) is 5.57 Å². The maximum absolute atomic E-state index is 11.3. The lowest BCUT2D eigenvalue weighted by atomic mass is 10.4. The molecule has 0 N–H and O–H groups in total. The van der Waals surface area contributed by atoms with Crippen molar-refractivity contribution < 1.29 is 28.5 Å². The third-order valence-electron chi connectivity index (χ3n) is 1.92. The summed E-state index contributed by atoms with van der Waals surface area (Å²) in [4.78, 5) is 22.3. The highest BCUT2D eigenvalue weighted by Crippen LogP contribution is 2.08. The Balaban J connectivity index is 2.25. The van der Waals surface area contributed by atoms with Crippen LogP contribution in [0.15, 0.2) is 12.2 Å². The van der Waals surface area contributed by atoms with Gasteiger partial charge in [0.1, 0.15) is 6.61 Å². The fraction of sp³-hybridized carbons (Fsp3) is 0.636. The molecule has 0 aromatic carbocycles. The van der Waals surface area contributed by atoms with Crippen LogP contribution in [0.5, 0.6) is 0 Å². The van der Waals surface area contributed by atoms with Gasteiger partial charge in [0.15, 0.2) is 6.61 Å². The molecule has 1 heterocycles. The largest absolute Gasteiger partial charge is 0.450 e. The second-order valence-electron chi connectivity index (χ2n) is 3.76. The maximum Gasteiger partial charge on any atom is 0.346 e. The van der Waals surface area contributed by atoms with Crippen LogP contribution < -0.4 is 0 Å².